The highest BCUT2D eigenvalue weighted by Gasteiger charge is 2.10. The Bertz CT molecular complexity index is 845. The van der Waals surface area contributed by atoms with Crippen LogP contribution in [-0.4, -0.2) is 18.2 Å². The normalized spacial score (nSPS) is 12.0. The van der Waals surface area contributed by atoms with Gasteiger partial charge >= 0.3 is 0 Å². The van der Waals surface area contributed by atoms with E-state index in [2.05, 4.69) is 9.98 Å². The van der Waals surface area contributed by atoms with Crippen molar-refractivity contribution in [3.63, 3.8) is 0 Å². The van der Waals surface area contributed by atoms with Gasteiger partial charge in [-0.25, -0.2) is 4.39 Å². The summed E-state index contributed by atoms with van der Waals surface area (Å²) in [5, 5.41) is 0. The number of nitrogens with one attached hydrogen (secondary N) is 1. The average molecular weight is 304 g/mol. The Morgan fingerprint density at radius 3 is 2.43 bits per heavy atom. The lowest BCUT2D eigenvalue weighted by atomic mass is 10.00. The van der Waals surface area contributed by atoms with Gasteiger partial charge in [0.2, 0.25) is 0 Å². The summed E-state index contributed by atoms with van der Waals surface area (Å²) < 4.78 is 14.1. The summed E-state index contributed by atoms with van der Waals surface area (Å²) in [6.07, 6.45) is 7.51. The zero-order valence-electron chi connectivity index (χ0n) is 12.8. The van der Waals surface area contributed by atoms with Crippen molar-refractivity contribution < 1.29 is 4.39 Å². The number of H-pyrrole nitrogens is 1. The molecule has 1 N–H and O–H groups in total. The third-order valence-corrected chi connectivity index (χ3v) is 3.63. The highest BCUT2D eigenvalue weighted by atomic mass is 19.1. The van der Waals surface area contributed by atoms with Crippen molar-refractivity contribution in [3.05, 3.63) is 83.9 Å². The summed E-state index contributed by atoms with van der Waals surface area (Å²) in [6.45, 7) is 0. The minimum atomic E-state index is -0.229. The molecule has 0 saturated carbocycles. The first kappa shape index (κ1) is 15.0. The third-order valence-electron chi connectivity index (χ3n) is 3.63. The molecule has 0 atom stereocenters. The highest BCUT2D eigenvalue weighted by molar-refractivity contribution is 6.16. The van der Waals surface area contributed by atoms with Gasteiger partial charge in [-0.1, -0.05) is 48.5 Å². The van der Waals surface area contributed by atoms with Crippen molar-refractivity contribution in [1.82, 2.24) is 4.98 Å². The second kappa shape index (κ2) is 6.88. The number of halogens is 1. The average Bonchev–Trinajstić information content (AvgIpc) is 3.04. The summed E-state index contributed by atoms with van der Waals surface area (Å²) in [7, 11) is 1.74. The maximum absolute atomic E-state index is 14.1. The number of allylic oxidation sites excluding steroid dienone is 1. The molecule has 3 heteroatoms. The van der Waals surface area contributed by atoms with Crippen LogP contribution in [-0.2, 0) is 0 Å². The number of aromatic amines is 1. The molecule has 0 amide bonds. The van der Waals surface area contributed by atoms with Crippen LogP contribution in [0.5, 0.6) is 0 Å². The van der Waals surface area contributed by atoms with E-state index < -0.39 is 0 Å². The Hall–Kier alpha value is -2.94. The number of benzene rings is 2. The van der Waals surface area contributed by atoms with E-state index in [-0.39, 0.29) is 5.82 Å². The molecule has 0 aliphatic carbocycles. The molecule has 2 aromatic carbocycles. The SMILES string of the molecule is CN=C/C(=C\c1c[nH]cc1-c1ccccc1F)c1ccccc1. The molecule has 0 radical (unpaired) electrons. The molecule has 0 unspecified atom stereocenters. The minimum Gasteiger partial charge on any atom is -0.366 e. The number of hydrogen-bond acceptors (Lipinski definition) is 1. The molecule has 0 saturated heterocycles. The van der Waals surface area contributed by atoms with Crippen LogP contribution >= 0.6 is 0 Å². The maximum Gasteiger partial charge on any atom is 0.131 e. The lowest BCUT2D eigenvalue weighted by molar-refractivity contribution is 0.631. The van der Waals surface area contributed by atoms with Crippen molar-refractivity contribution in [1.29, 1.82) is 0 Å². The monoisotopic (exact) mass is 304 g/mol. The third kappa shape index (κ3) is 3.29. The van der Waals surface area contributed by atoms with Crippen LogP contribution in [0.1, 0.15) is 11.1 Å². The van der Waals surface area contributed by atoms with Gasteiger partial charge in [-0.2, -0.15) is 0 Å². The van der Waals surface area contributed by atoms with Gasteiger partial charge in [0.05, 0.1) is 0 Å². The van der Waals surface area contributed by atoms with Crippen LogP contribution in [0.4, 0.5) is 4.39 Å². The summed E-state index contributed by atoms with van der Waals surface area (Å²) >= 11 is 0. The van der Waals surface area contributed by atoms with Crippen molar-refractivity contribution in [2.24, 2.45) is 4.99 Å². The van der Waals surface area contributed by atoms with Crippen LogP contribution in [0, 0.1) is 5.82 Å². The highest BCUT2D eigenvalue weighted by Crippen LogP contribution is 2.29. The van der Waals surface area contributed by atoms with Gasteiger partial charge in [-0.15, -0.1) is 0 Å². The standard InChI is InChI=1S/C20H17FN2/c1-22-12-16(15-7-3-2-4-8-15)11-17-13-23-14-19(17)18-9-5-6-10-20(18)21/h2-14,23H,1H3/b16-11+,22-12?. The van der Waals surface area contributed by atoms with Gasteiger partial charge in [-0.3, -0.25) is 4.99 Å². The molecule has 1 aromatic heterocycles. The van der Waals surface area contributed by atoms with Crippen LogP contribution in [0.2, 0.25) is 0 Å². The molecule has 0 spiro atoms. The zero-order valence-corrected chi connectivity index (χ0v) is 12.8. The van der Waals surface area contributed by atoms with Crippen LogP contribution < -0.4 is 0 Å². The smallest absolute Gasteiger partial charge is 0.131 e. The van der Waals surface area contributed by atoms with Gasteiger partial charge in [0, 0.05) is 47.9 Å². The fourth-order valence-electron chi connectivity index (χ4n) is 2.54. The molecule has 2 nitrogen and oxygen atoms in total. The van der Waals surface area contributed by atoms with Crippen LogP contribution in [0.15, 0.2) is 72.0 Å². The second-order valence-electron chi connectivity index (χ2n) is 5.16. The fraction of sp³-hybridized carbons (Fsp3) is 0.0500. The number of aliphatic imine (C=N–C) groups is 1. The molecular formula is C20H17FN2. The van der Waals surface area contributed by atoms with Gasteiger partial charge in [0.25, 0.3) is 0 Å². The van der Waals surface area contributed by atoms with E-state index in [0.717, 1.165) is 22.3 Å². The molecule has 23 heavy (non-hydrogen) atoms. The predicted octanol–water partition coefficient (Wildman–Crippen LogP) is 5.06. The van der Waals surface area contributed by atoms with Crippen molar-refractivity contribution in [3.8, 4) is 11.1 Å². The van der Waals surface area contributed by atoms with Gasteiger partial charge in [0.1, 0.15) is 5.82 Å². The summed E-state index contributed by atoms with van der Waals surface area (Å²) in [6, 6.07) is 16.8. The lowest BCUT2D eigenvalue weighted by Gasteiger charge is -2.05. The first-order chi connectivity index (χ1) is 11.3. The molecule has 1 heterocycles. The van der Waals surface area contributed by atoms with Crippen molar-refractivity contribution >= 4 is 17.9 Å². The molecule has 0 aliphatic rings. The summed E-state index contributed by atoms with van der Waals surface area (Å²) in [5.74, 6) is -0.229. The topological polar surface area (TPSA) is 28.1 Å². The molecule has 3 rings (SSSR count). The first-order valence-electron chi connectivity index (χ1n) is 7.40. The number of aromatic nitrogens is 1. The van der Waals surface area contributed by atoms with Crippen LogP contribution in [0.25, 0.3) is 22.8 Å². The minimum absolute atomic E-state index is 0.229. The predicted molar refractivity (Wildman–Crippen MR) is 94.9 cm³/mol. The molecule has 0 fully saturated rings. The molecule has 0 aliphatic heterocycles. The van der Waals surface area contributed by atoms with Crippen molar-refractivity contribution in [2.75, 3.05) is 7.05 Å². The number of nitrogens with zero attached hydrogens (tertiary/aromatic N) is 1. The van der Waals surface area contributed by atoms with Gasteiger partial charge in [-0.05, 0) is 17.7 Å². The molecule has 3 aromatic rings. The lowest BCUT2D eigenvalue weighted by Crippen LogP contribution is -1.88. The first-order valence-corrected chi connectivity index (χ1v) is 7.40. The van der Waals surface area contributed by atoms with E-state index >= 15 is 0 Å². The molecular weight excluding hydrogens is 287 g/mol. The van der Waals surface area contributed by atoms with E-state index in [1.165, 1.54) is 6.07 Å². The maximum atomic E-state index is 14.1. The van der Waals surface area contributed by atoms with Gasteiger partial charge < -0.3 is 4.98 Å². The molecule has 0 bridgehead atoms. The Balaban J connectivity index is 2.09. The van der Waals surface area contributed by atoms with Gasteiger partial charge in [0.15, 0.2) is 0 Å². The zero-order chi connectivity index (χ0) is 16.1. The summed E-state index contributed by atoms with van der Waals surface area (Å²) in [4.78, 5) is 7.20. The number of hydrogen-bond donors (Lipinski definition) is 1. The van der Waals surface area contributed by atoms with Crippen molar-refractivity contribution in [2.45, 2.75) is 0 Å². The molecule has 114 valence electrons. The Labute approximate surface area is 135 Å². The van der Waals surface area contributed by atoms with E-state index in [9.17, 15) is 4.39 Å². The van der Waals surface area contributed by atoms with Crippen LogP contribution in [0.3, 0.4) is 0 Å². The largest absolute Gasteiger partial charge is 0.366 e. The second-order valence-corrected chi connectivity index (χ2v) is 5.16. The van der Waals surface area contributed by atoms with E-state index in [0.29, 0.717) is 5.56 Å². The Kier molecular flexibility index (Phi) is 4.48. The number of rotatable bonds is 4. The van der Waals surface area contributed by atoms with E-state index in [1.807, 2.05) is 61.1 Å². The van der Waals surface area contributed by atoms with E-state index in [4.69, 9.17) is 0 Å². The quantitative estimate of drug-likeness (QED) is 0.652. The Morgan fingerprint density at radius 1 is 0.957 bits per heavy atom. The Morgan fingerprint density at radius 2 is 1.70 bits per heavy atom. The van der Waals surface area contributed by atoms with E-state index in [1.54, 1.807) is 19.2 Å². The fourth-order valence-corrected chi connectivity index (χ4v) is 2.54. The summed E-state index contributed by atoms with van der Waals surface area (Å²) in [5.41, 5.74) is 4.39.